The molecule has 1 unspecified atom stereocenters. The number of H-pyrrole nitrogens is 1. The number of nitrogens with zero attached hydrogens (tertiary/aromatic N) is 1. The zero-order valence-corrected chi connectivity index (χ0v) is 13.8. The molecule has 110 valence electrons. The Morgan fingerprint density at radius 1 is 1.48 bits per heavy atom. The van der Waals surface area contributed by atoms with E-state index in [4.69, 9.17) is 16.6 Å². The Labute approximate surface area is 134 Å². The van der Waals surface area contributed by atoms with Gasteiger partial charge in [-0.2, -0.15) is 0 Å². The Balaban J connectivity index is 1.93. The summed E-state index contributed by atoms with van der Waals surface area (Å²) in [5.74, 6) is 0.658. The second-order valence-corrected chi connectivity index (χ2v) is 6.29. The number of fused-ring (bicyclic) bond motifs is 1. The fourth-order valence-corrected chi connectivity index (χ4v) is 3.22. The molecule has 0 amide bonds. The highest BCUT2D eigenvalue weighted by molar-refractivity contribution is 9.10. The Bertz CT molecular complexity index is 822. The lowest BCUT2D eigenvalue weighted by atomic mass is 10.1. The van der Waals surface area contributed by atoms with E-state index in [1.54, 1.807) is 12.3 Å². The van der Waals surface area contributed by atoms with Crippen LogP contribution in [0.4, 0.5) is 4.39 Å². The van der Waals surface area contributed by atoms with Gasteiger partial charge in [0.15, 0.2) is 4.77 Å². The van der Waals surface area contributed by atoms with Crippen molar-refractivity contribution in [3.05, 3.63) is 51.3 Å². The van der Waals surface area contributed by atoms with Crippen molar-refractivity contribution in [2.45, 2.75) is 25.8 Å². The summed E-state index contributed by atoms with van der Waals surface area (Å²) in [7, 11) is 0. The van der Waals surface area contributed by atoms with E-state index in [0.717, 1.165) is 29.6 Å². The molecular formula is C15H14BrFN2OS. The molecule has 1 atom stereocenters. The third kappa shape index (κ3) is 2.82. The van der Waals surface area contributed by atoms with E-state index in [-0.39, 0.29) is 11.9 Å². The Morgan fingerprint density at radius 2 is 2.29 bits per heavy atom. The molecule has 21 heavy (non-hydrogen) atoms. The molecule has 1 N–H and O–H groups in total. The molecule has 3 aromatic rings. The van der Waals surface area contributed by atoms with Gasteiger partial charge >= 0.3 is 0 Å². The monoisotopic (exact) mass is 368 g/mol. The second-order valence-electron chi connectivity index (χ2n) is 5.05. The average molecular weight is 369 g/mol. The lowest BCUT2D eigenvalue weighted by molar-refractivity contribution is 0.455. The van der Waals surface area contributed by atoms with E-state index in [1.165, 1.54) is 6.07 Å². The van der Waals surface area contributed by atoms with Crippen molar-refractivity contribution in [2.24, 2.45) is 0 Å². The van der Waals surface area contributed by atoms with Crippen molar-refractivity contribution < 1.29 is 8.81 Å². The molecule has 1 aromatic carbocycles. The maximum atomic E-state index is 13.8. The largest absolute Gasteiger partial charge is 0.469 e. The van der Waals surface area contributed by atoms with Crippen LogP contribution in [-0.4, -0.2) is 9.55 Å². The highest BCUT2D eigenvalue weighted by atomic mass is 79.9. The lowest BCUT2D eigenvalue weighted by Gasteiger charge is -2.14. The van der Waals surface area contributed by atoms with E-state index >= 15 is 0 Å². The molecule has 6 heteroatoms. The van der Waals surface area contributed by atoms with Crippen LogP contribution in [0, 0.1) is 10.6 Å². The van der Waals surface area contributed by atoms with Crippen LogP contribution >= 0.6 is 28.1 Å². The number of hydrogen-bond donors (Lipinski definition) is 1. The van der Waals surface area contributed by atoms with Crippen molar-refractivity contribution in [3.63, 3.8) is 0 Å². The van der Waals surface area contributed by atoms with Crippen LogP contribution in [0.3, 0.4) is 0 Å². The predicted octanol–water partition coefficient (Wildman–Crippen LogP) is 5.39. The van der Waals surface area contributed by atoms with Gasteiger partial charge in [0.05, 0.1) is 21.8 Å². The third-order valence-electron chi connectivity index (χ3n) is 3.59. The van der Waals surface area contributed by atoms with Gasteiger partial charge in [-0.3, -0.25) is 0 Å². The summed E-state index contributed by atoms with van der Waals surface area (Å²) in [5, 5.41) is 0. The first kappa shape index (κ1) is 14.5. The normalized spacial score (nSPS) is 12.9. The first-order valence-corrected chi connectivity index (χ1v) is 7.88. The number of benzene rings is 1. The zero-order valence-electron chi connectivity index (χ0n) is 11.4. The number of hydrogen-bond acceptors (Lipinski definition) is 2. The Kier molecular flexibility index (Phi) is 3.99. The van der Waals surface area contributed by atoms with E-state index in [0.29, 0.717) is 9.24 Å². The van der Waals surface area contributed by atoms with Crippen molar-refractivity contribution >= 4 is 39.2 Å². The van der Waals surface area contributed by atoms with E-state index in [9.17, 15) is 4.39 Å². The number of aromatic amines is 1. The van der Waals surface area contributed by atoms with Crippen molar-refractivity contribution in [2.75, 3.05) is 0 Å². The number of aromatic nitrogens is 2. The molecule has 0 fully saturated rings. The van der Waals surface area contributed by atoms with Crippen molar-refractivity contribution in [1.29, 1.82) is 0 Å². The molecule has 2 heterocycles. The first-order chi connectivity index (χ1) is 10.1. The number of rotatable bonds is 4. The quantitative estimate of drug-likeness (QED) is 0.626. The molecular weight excluding hydrogens is 355 g/mol. The van der Waals surface area contributed by atoms with Crippen LogP contribution in [-0.2, 0) is 6.42 Å². The number of halogens is 2. The van der Waals surface area contributed by atoms with Gasteiger partial charge < -0.3 is 14.0 Å². The van der Waals surface area contributed by atoms with Crippen molar-refractivity contribution in [1.82, 2.24) is 9.55 Å². The van der Waals surface area contributed by atoms with Gasteiger partial charge in [0, 0.05) is 18.5 Å². The summed E-state index contributed by atoms with van der Waals surface area (Å²) >= 11 is 8.57. The van der Waals surface area contributed by atoms with Crippen LogP contribution in [0.2, 0.25) is 0 Å². The molecule has 3 nitrogen and oxygen atoms in total. The van der Waals surface area contributed by atoms with Crippen molar-refractivity contribution in [3.8, 4) is 0 Å². The van der Waals surface area contributed by atoms with Crippen LogP contribution in [0.25, 0.3) is 11.0 Å². The molecule has 0 spiro atoms. The molecule has 2 aromatic heterocycles. The van der Waals surface area contributed by atoms with Gasteiger partial charge in [-0.05, 0) is 59.7 Å². The third-order valence-corrected chi connectivity index (χ3v) is 4.49. The second kappa shape index (κ2) is 5.77. The summed E-state index contributed by atoms with van der Waals surface area (Å²) in [4.78, 5) is 3.13. The minimum atomic E-state index is -0.288. The van der Waals surface area contributed by atoms with E-state index in [2.05, 4.69) is 27.8 Å². The maximum absolute atomic E-state index is 13.8. The highest BCUT2D eigenvalue weighted by Crippen LogP contribution is 2.27. The number of nitrogens with one attached hydrogen (secondary N) is 1. The van der Waals surface area contributed by atoms with E-state index < -0.39 is 0 Å². The summed E-state index contributed by atoms with van der Waals surface area (Å²) in [5.41, 5.74) is 1.62. The minimum absolute atomic E-state index is 0.150. The van der Waals surface area contributed by atoms with Gasteiger partial charge in [0.1, 0.15) is 11.6 Å². The van der Waals surface area contributed by atoms with Gasteiger partial charge in [0.2, 0.25) is 0 Å². The van der Waals surface area contributed by atoms with Crippen LogP contribution in [0.5, 0.6) is 0 Å². The van der Waals surface area contributed by atoms with Crippen LogP contribution in [0.15, 0.2) is 39.4 Å². The zero-order chi connectivity index (χ0) is 15.0. The molecule has 0 aliphatic heterocycles. The number of imidazole rings is 1. The molecule has 0 aliphatic carbocycles. The summed E-state index contributed by atoms with van der Waals surface area (Å²) in [6.07, 6.45) is 3.36. The number of aryl methyl sites for hydroxylation is 1. The Hall–Kier alpha value is -1.40. The van der Waals surface area contributed by atoms with Gasteiger partial charge in [-0.1, -0.05) is 0 Å². The average Bonchev–Trinajstić information content (AvgIpc) is 3.04. The fourth-order valence-electron chi connectivity index (χ4n) is 2.49. The highest BCUT2D eigenvalue weighted by Gasteiger charge is 2.14. The topological polar surface area (TPSA) is 33.9 Å². The van der Waals surface area contributed by atoms with Crippen LogP contribution in [0.1, 0.15) is 25.1 Å². The predicted molar refractivity (Wildman–Crippen MR) is 86.5 cm³/mol. The van der Waals surface area contributed by atoms with Crippen LogP contribution < -0.4 is 0 Å². The Morgan fingerprint density at radius 3 is 3.00 bits per heavy atom. The first-order valence-electron chi connectivity index (χ1n) is 6.68. The maximum Gasteiger partial charge on any atom is 0.178 e. The summed E-state index contributed by atoms with van der Waals surface area (Å²) in [6, 6.07) is 7.21. The van der Waals surface area contributed by atoms with Gasteiger partial charge in [0.25, 0.3) is 0 Å². The van der Waals surface area contributed by atoms with Gasteiger partial charge in [-0.15, -0.1) is 0 Å². The smallest absolute Gasteiger partial charge is 0.178 e. The minimum Gasteiger partial charge on any atom is -0.469 e. The summed E-state index contributed by atoms with van der Waals surface area (Å²) < 4.78 is 22.1. The summed E-state index contributed by atoms with van der Waals surface area (Å²) in [6.45, 7) is 2.08. The molecule has 0 saturated carbocycles. The molecule has 0 bridgehead atoms. The SMILES string of the molecule is CC(CCc1ccco1)n1c(=S)[nH]c2cc(Br)c(F)cc21. The fraction of sp³-hybridized carbons (Fsp3) is 0.267. The molecule has 0 aliphatic rings. The standard InChI is InChI=1S/C15H14BrFN2OS/c1-9(4-5-10-3-2-6-20-10)19-14-8-12(17)11(16)7-13(14)18-15(19)21/h2-3,6-9H,4-5H2,1H3,(H,18,21). The number of furan rings is 1. The van der Waals surface area contributed by atoms with E-state index in [1.807, 2.05) is 16.7 Å². The lowest BCUT2D eigenvalue weighted by Crippen LogP contribution is -2.06. The van der Waals surface area contributed by atoms with Gasteiger partial charge in [-0.25, -0.2) is 4.39 Å². The molecule has 0 radical (unpaired) electrons. The molecule has 0 saturated heterocycles. The molecule has 3 rings (SSSR count).